The fraction of sp³-hybridized carbons (Fsp3) is 0.0909. The number of halogens is 2. The van der Waals surface area contributed by atoms with Gasteiger partial charge in [-0.25, -0.2) is 9.78 Å². The lowest BCUT2D eigenvalue weighted by Gasteiger charge is -2.08. The lowest BCUT2D eigenvalue weighted by atomic mass is 10.3. The lowest BCUT2D eigenvalue weighted by Crippen LogP contribution is -2.24. The molecule has 2 aromatic rings. The van der Waals surface area contributed by atoms with Crippen molar-refractivity contribution >= 4 is 27.5 Å². The van der Waals surface area contributed by atoms with Crippen LogP contribution < -0.4 is 10.4 Å². The maximum atomic E-state index is 11.4. The Balaban J connectivity index is 2.09. The number of ether oxygens (including phenoxy) is 1. The van der Waals surface area contributed by atoms with E-state index in [1.807, 2.05) is 0 Å². The van der Waals surface area contributed by atoms with E-state index in [1.165, 1.54) is 10.8 Å². The van der Waals surface area contributed by atoms with Crippen molar-refractivity contribution in [1.29, 1.82) is 0 Å². The third kappa shape index (κ3) is 3.31. The van der Waals surface area contributed by atoms with Crippen LogP contribution in [0.3, 0.4) is 0 Å². The van der Waals surface area contributed by atoms with Crippen LogP contribution in [0, 0.1) is 0 Å². The summed E-state index contributed by atoms with van der Waals surface area (Å²) in [4.78, 5) is 15.0. The summed E-state index contributed by atoms with van der Waals surface area (Å²) in [5.41, 5.74) is -0.359. The van der Waals surface area contributed by atoms with Crippen molar-refractivity contribution in [1.82, 2.24) is 9.55 Å². The largest absolute Gasteiger partial charge is 0.473 e. The Morgan fingerprint density at radius 2 is 2.06 bits per heavy atom. The summed E-state index contributed by atoms with van der Waals surface area (Å²) in [6.45, 7) is 0.104. The maximum Gasteiger partial charge on any atom is 0.350 e. The zero-order valence-corrected chi connectivity index (χ0v) is 11.0. The zero-order chi connectivity index (χ0) is 12.3. The highest BCUT2D eigenvalue weighted by Crippen LogP contribution is 2.15. The Hall–Kier alpha value is -1.33. The third-order valence-electron chi connectivity index (χ3n) is 2.01. The number of benzene rings is 1. The summed E-state index contributed by atoms with van der Waals surface area (Å²) in [5.74, 6) is 0.640. The van der Waals surface area contributed by atoms with Gasteiger partial charge in [-0.15, -0.1) is 0 Å². The molecule has 0 fully saturated rings. The number of nitrogens with zero attached hydrogens (tertiary/aromatic N) is 2. The third-order valence-corrected chi connectivity index (χ3v) is 2.67. The normalized spacial score (nSPS) is 10.2. The van der Waals surface area contributed by atoms with E-state index < -0.39 is 0 Å². The number of rotatable bonds is 3. The van der Waals surface area contributed by atoms with E-state index in [1.54, 1.807) is 30.5 Å². The van der Waals surface area contributed by atoms with Crippen molar-refractivity contribution in [2.45, 2.75) is 6.73 Å². The second-order valence-electron chi connectivity index (χ2n) is 3.25. The summed E-state index contributed by atoms with van der Waals surface area (Å²) in [5, 5.41) is 0.638. The summed E-state index contributed by atoms with van der Waals surface area (Å²) < 4.78 is 7.51. The first-order valence-electron chi connectivity index (χ1n) is 4.75. The van der Waals surface area contributed by atoms with E-state index in [0.29, 0.717) is 10.8 Å². The molecule has 1 heterocycles. The Labute approximate surface area is 111 Å². The molecule has 0 unspecified atom stereocenters. The Morgan fingerprint density at radius 1 is 1.35 bits per heavy atom. The van der Waals surface area contributed by atoms with Crippen molar-refractivity contribution in [2.24, 2.45) is 0 Å². The first-order chi connectivity index (χ1) is 8.15. The highest BCUT2D eigenvalue weighted by Gasteiger charge is 1.99. The minimum absolute atomic E-state index is 0.104. The molecule has 4 nitrogen and oxygen atoms in total. The number of aromatic nitrogens is 2. The van der Waals surface area contributed by atoms with Gasteiger partial charge in [0.25, 0.3) is 0 Å². The number of hydrogen-bond acceptors (Lipinski definition) is 3. The molecule has 0 saturated carbocycles. The van der Waals surface area contributed by atoms with Gasteiger partial charge < -0.3 is 4.74 Å². The van der Waals surface area contributed by atoms with E-state index in [4.69, 9.17) is 16.3 Å². The topological polar surface area (TPSA) is 44.1 Å². The minimum Gasteiger partial charge on any atom is -0.473 e. The van der Waals surface area contributed by atoms with E-state index in [9.17, 15) is 4.79 Å². The zero-order valence-electron chi connectivity index (χ0n) is 8.64. The summed E-state index contributed by atoms with van der Waals surface area (Å²) >= 11 is 8.98. The van der Waals surface area contributed by atoms with Gasteiger partial charge in [0.05, 0.1) is 4.47 Å². The van der Waals surface area contributed by atoms with Crippen molar-refractivity contribution in [2.75, 3.05) is 0 Å². The van der Waals surface area contributed by atoms with E-state index >= 15 is 0 Å². The van der Waals surface area contributed by atoms with E-state index in [-0.39, 0.29) is 12.4 Å². The van der Waals surface area contributed by atoms with Gasteiger partial charge in [0.1, 0.15) is 5.75 Å². The summed E-state index contributed by atoms with van der Waals surface area (Å²) in [6.07, 6.45) is 3.06. The van der Waals surface area contributed by atoms with Gasteiger partial charge in [-0.2, -0.15) is 0 Å². The SMILES string of the molecule is O=c1ncc(Br)cn1COc1ccc(Cl)cc1. The lowest BCUT2D eigenvalue weighted by molar-refractivity contribution is 0.229. The quantitative estimate of drug-likeness (QED) is 0.875. The molecule has 0 N–H and O–H groups in total. The molecule has 0 atom stereocenters. The second-order valence-corrected chi connectivity index (χ2v) is 4.60. The molecule has 17 heavy (non-hydrogen) atoms. The first kappa shape index (κ1) is 12.1. The molecule has 6 heteroatoms. The molecule has 0 aliphatic carbocycles. The highest BCUT2D eigenvalue weighted by atomic mass is 79.9. The van der Waals surface area contributed by atoms with Gasteiger partial charge in [0.2, 0.25) is 0 Å². The number of hydrogen-bond donors (Lipinski definition) is 0. The molecule has 88 valence electrons. The van der Waals surface area contributed by atoms with E-state index in [0.717, 1.165) is 4.47 Å². The van der Waals surface area contributed by atoms with Crippen molar-refractivity contribution in [3.05, 3.63) is 56.6 Å². The maximum absolute atomic E-state index is 11.4. The molecular weight excluding hydrogens is 307 g/mol. The van der Waals surface area contributed by atoms with Crippen LogP contribution in [0.1, 0.15) is 0 Å². The Morgan fingerprint density at radius 3 is 2.76 bits per heavy atom. The van der Waals surface area contributed by atoms with Gasteiger partial charge in [-0.05, 0) is 40.2 Å². The van der Waals surface area contributed by atoms with Crippen molar-refractivity contribution in [3.63, 3.8) is 0 Å². The van der Waals surface area contributed by atoms with E-state index in [2.05, 4.69) is 20.9 Å². The van der Waals surface area contributed by atoms with Crippen LogP contribution >= 0.6 is 27.5 Å². The monoisotopic (exact) mass is 314 g/mol. The average molecular weight is 316 g/mol. The predicted octanol–water partition coefficient (Wildman–Crippen LogP) is 2.70. The van der Waals surface area contributed by atoms with Crippen LogP contribution in [0.5, 0.6) is 5.75 Å². The van der Waals surface area contributed by atoms with Gasteiger partial charge in [0.15, 0.2) is 6.73 Å². The molecule has 1 aromatic carbocycles. The van der Waals surface area contributed by atoms with Gasteiger partial charge in [-0.1, -0.05) is 11.6 Å². The van der Waals surface area contributed by atoms with Crippen molar-refractivity contribution in [3.8, 4) is 5.75 Å². The highest BCUT2D eigenvalue weighted by molar-refractivity contribution is 9.10. The fourth-order valence-corrected chi connectivity index (χ4v) is 1.67. The Bertz CT molecular complexity index is 568. The average Bonchev–Trinajstić information content (AvgIpc) is 2.32. The van der Waals surface area contributed by atoms with Gasteiger partial charge in [-0.3, -0.25) is 4.57 Å². The predicted molar refractivity (Wildman–Crippen MR) is 68.3 cm³/mol. The molecular formula is C11H8BrClN2O2. The Kier molecular flexibility index (Phi) is 3.81. The smallest absolute Gasteiger partial charge is 0.350 e. The van der Waals surface area contributed by atoms with Crippen LogP contribution in [0.25, 0.3) is 0 Å². The molecule has 0 spiro atoms. The van der Waals surface area contributed by atoms with Crippen LogP contribution in [-0.4, -0.2) is 9.55 Å². The standard InChI is InChI=1S/C11H8BrClN2O2/c12-8-5-14-11(16)15(6-8)7-17-10-3-1-9(13)2-4-10/h1-6H,7H2. The van der Waals surface area contributed by atoms with Crippen LogP contribution in [0.15, 0.2) is 45.9 Å². The summed E-state index contributed by atoms with van der Waals surface area (Å²) in [6, 6.07) is 6.91. The molecule has 0 aliphatic rings. The molecule has 0 amide bonds. The molecule has 2 rings (SSSR count). The van der Waals surface area contributed by atoms with Crippen LogP contribution in [-0.2, 0) is 6.73 Å². The van der Waals surface area contributed by atoms with Crippen LogP contribution in [0.2, 0.25) is 5.02 Å². The minimum atomic E-state index is -0.359. The van der Waals surface area contributed by atoms with Gasteiger partial charge >= 0.3 is 5.69 Å². The van der Waals surface area contributed by atoms with Gasteiger partial charge in [0, 0.05) is 17.4 Å². The molecule has 0 saturated heterocycles. The molecule has 1 aromatic heterocycles. The molecule has 0 radical (unpaired) electrons. The first-order valence-corrected chi connectivity index (χ1v) is 5.92. The fourth-order valence-electron chi connectivity index (χ4n) is 1.20. The molecule has 0 bridgehead atoms. The summed E-state index contributed by atoms with van der Waals surface area (Å²) in [7, 11) is 0. The van der Waals surface area contributed by atoms with Crippen LogP contribution in [0.4, 0.5) is 0 Å². The molecule has 0 aliphatic heterocycles. The van der Waals surface area contributed by atoms with Crippen molar-refractivity contribution < 1.29 is 4.74 Å². The second kappa shape index (κ2) is 5.33.